The van der Waals surface area contributed by atoms with E-state index in [1.165, 1.54) is 30.0 Å². The van der Waals surface area contributed by atoms with Crippen LogP contribution < -0.4 is 5.32 Å². The Morgan fingerprint density at radius 3 is 2.38 bits per heavy atom. The number of carbonyl (C=O) groups excluding carboxylic acids is 3. The number of nitrogens with zero attached hydrogens (tertiary/aromatic N) is 2. The average molecular weight is 564 g/mol. The normalized spacial score (nSPS) is 32.5. The summed E-state index contributed by atoms with van der Waals surface area (Å²) in [7, 11) is 3.12. The van der Waals surface area contributed by atoms with Crippen molar-refractivity contribution >= 4 is 35.6 Å². The molecule has 0 radical (unpaired) electrons. The second-order valence-corrected chi connectivity index (χ2v) is 11.1. The van der Waals surface area contributed by atoms with Gasteiger partial charge in [0, 0.05) is 17.4 Å². The Labute approximate surface area is 231 Å². The third-order valence-corrected chi connectivity index (χ3v) is 8.66. The standard InChI is InChI=1S/C27H33N3O8.ClH/c1-26(37)13-7-6-8-16(31)17(13)21(32)18-14(26)11-15-20(29(2)3)22(33)19(24(35)27(15,38)23(18)34)25(36)28-12-30-9-4-5-10-30;/h6-8,14-15,20,31-32,35,37-38H,4-5,9-12H2,1-3H3,(H,28,36);1H/t14?,15-,20-,26+,27-;/m0./s1. The summed E-state index contributed by atoms with van der Waals surface area (Å²) < 4.78 is 0. The molecular weight excluding hydrogens is 530 g/mol. The summed E-state index contributed by atoms with van der Waals surface area (Å²) in [6.45, 7) is 3.11. The molecule has 1 aromatic rings. The van der Waals surface area contributed by atoms with Gasteiger partial charge in [0.1, 0.15) is 22.8 Å². The highest BCUT2D eigenvalue weighted by Crippen LogP contribution is 2.57. The van der Waals surface area contributed by atoms with Gasteiger partial charge in [0.05, 0.1) is 23.9 Å². The Balaban J connectivity index is 0.00000353. The number of likely N-dealkylation sites (N-methyl/N-ethyl adjacent to an activating group) is 1. The predicted molar refractivity (Wildman–Crippen MR) is 142 cm³/mol. The van der Waals surface area contributed by atoms with Gasteiger partial charge < -0.3 is 30.8 Å². The van der Waals surface area contributed by atoms with Gasteiger partial charge in [-0.15, -0.1) is 12.4 Å². The van der Waals surface area contributed by atoms with Crippen LogP contribution in [0.1, 0.15) is 37.3 Å². The number of nitrogens with one attached hydrogen (secondary N) is 1. The molecule has 1 saturated heterocycles. The molecule has 39 heavy (non-hydrogen) atoms. The summed E-state index contributed by atoms with van der Waals surface area (Å²) in [4.78, 5) is 44.3. The summed E-state index contributed by atoms with van der Waals surface area (Å²) in [5.74, 6) is -7.17. The van der Waals surface area contributed by atoms with Crippen molar-refractivity contribution in [1.82, 2.24) is 15.1 Å². The number of aromatic hydroxyl groups is 1. The molecule has 4 aliphatic rings. The number of phenolic OH excluding ortho intramolecular Hbond substituents is 1. The number of likely N-dealkylation sites (tertiary alicyclic amines) is 1. The summed E-state index contributed by atoms with van der Waals surface area (Å²) in [6, 6.07) is 3.12. The molecule has 6 N–H and O–H groups in total. The maximum Gasteiger partial charge on any atom is 0.259 e. The highest BCUT2D eigenvalue weighted by atomic mass is 35.5. The lowest BCUT2D eigenvalue weighted by atomic mass is 9.54. The first-order chi connectivity index (χ1) is 17.8. The first-order valence-corrected chi connectivity index (χ1v) is 12.7. The van der Waals surface area contributed by atoms with Crippen LogP contribution in [0.4, 0.5) is 0 Å². The number of benzene rings is 1. The van der Waals surface area contributed by atoms with E-state index in [2.05, 4.69) is 5.32 Å². The van der Waals surface area contributed by atoms with E-state index in [0.29, 0.717) is 0 Å². The van der Waals surface area contributed by atoms with Crippen LogP contribution in [0.5, 0.6) is 5.75 Å². The number of halogens is 1. The van der Waals surface area contributed by atoms with Gasteiger partial charge in [-0.05, 0) is 65.0 Å². The molecule has 0 aromatic heterocycles. The number of fused-ring (bicyclic) bond motifs is 3. The fraction of sp³-hybridized carbons (Fsp3) is 0.519. The minimum absolute atomic E-state index is 0. The average Bonchev–Trinajstić information content (AvgIpc) is 3.37. The number of ketones is 2. The number of Topliss-reactive ketones (excluding diaryl/α,β-unsaturated/α-hetero) is 2. The lowest BCUT2D eigenvalue weighted by molar-refractivity contribution is -0.159. The quantitative estimate of drug-likeness (QED) is 0.287. The van der Waals surface area contributed by atoms with Crippen molar-refractivity contribution in [1.29, 1.82) is 0 Å². The second kappa shape index (κ2) is 9.90. The van der Waals surface area contributed by atoms with Gasteiger partial charge in [-0.1, -0.05) is 12.1 Å². The van der Waals surface area contributed by atoms with Crippen LogP contribution >= 0.6 is 12.4 Å². The Morgan fingerprint density at radius 2 is 1.77 bits per heavy atom. The zero-order chi connectivity index (χ0) is 27.7. The molecule has 1 amide bonds. The monoisotopic (exact) mass is 563 g/mol. The largest absolute Gasteiger partial charge is 0.508 e. The van der Waals surface area contributed by atoms with Crippen LogP contribution in [-0.2, 0) is 20.0 Å². The van der Waals surface area contributed by atoms with Crippen LogP contribution in [0.25, 0.3) is 5.76 Å². The lowest BCUT2D eigenvalue weighted by Gasteiger charge is -2.53. The van der Waals surface area contributed by atoms with Gasteiger partial charge in [0.2, 0.25) is 5.78 Å². The maximum atomic E-state index is 14.0. The van der Waals surface area contributed by atoms with Crippen LogP contribution in [0.2, 0.25) is 0 Å². The number of aliphatic hydroxyl groups is 4. The SMILES string of the molecule is CN(C)[C@@H]1C(=O)C(C(=O)NCN2CCCC2)=C(O)[C@@]2(O)C(=O)C3=C(O)c4c(O)cccc4[C@@](C)(O)C3C[C@@H]12.Cl. The molecule has 1 saturated carbocycles. The minimum Gasteiger partial charge on any atom is -0.508 e. The van der Waals surface area contributed by atoms with E-state index in [1.54, 1.807) is 14.1 Å². The molecule has 1 unspecified atom stereocenters. The van der Waals surface area contributed by atoms with Crippen molar-refractivity contribution in [2.24, 2.45) is 11.8 Å². The first kappa shape index (κ1) is 29.0. The van der Waals surface area contributed by atoms with Gasteiger partial charge in [-0.3, -0.25) is 24.2 Å². The van der Waals surface area contributed by atoms with E-state index in [-0.39, 0.29) is 47.9 Å². The summed E-state index contributed by atoms with van der Waals surface area (Å²) in [6.07, 6.45) is 1.78. The van der Waals surface area contributed by atoms with Crippen LogP contribution in [-0.4, -0.2) is 98.3 Å². The highest BCUT2D eigenvalue weighted by molar-refractivity contribution is 6.25. The van der Waals surface area contributed by atoms with Crippen molar-refractivity contribution in [2.75, 3.05) is 33.9 Å². The number of carbonyl (C=O) groups is 3. The number of aliphatic hydroxyl groups excluding tert-OH is 2. The van der Waals surface area contributed by atoms with E-state index in [1.807, 2.05) is 4.90 Å². The maximum absolute atomic E-state index is 14.0. The smallest absolute Gasteiger partial charge is 0.259 e. The lowest BCUT2D eigenvalue weighted by Crippen LogP contribution is -2.67. The summed E-state index contributed by atoms with van der Waals surface area (Å²) >= 11 is 0. The van der Waals surface area contributed by atoms with Crippen LogP contribution in [0.15, 0.2) is 35.1 Å². The fourth-order valence-electron chi connectivity index (χ4n) is 6.70. The second-order valence-electron chi connectivity index (χ2n) is 11.1. The molecule has 12 heteroatoms. The highest BCUT2D eigenvalue weighted by Gasteiger charge is 2.66. The molecule has 5 atom stereocenters. The van der Waals surface area contributed by atoms with Gasteiger partial charge in [0.25, 0.3) is 5.91 Å². The van der Waals surface area contributed by atoms with Crippen molar-refractivity contribution in [3.63, 3.8) is 0 Å². The Morgan fingerprint density at radius 1 is 1.13 bits per heavy atom. The number of rotatable bonds is 4. The molecule has 5 rings (SSSR count). The minimum atomic E-state index is -2.72. The summed E-state index contributed by atoms with van der Waals surface area (Å²) in [5, 5.41) is 59.0. The molecule has 1 aromatic carbocycles. The number of hydrogen-bond donors (Lipinski definition) is 6. The molecule has 212 valence electrons. The van der Waals surface area contributed by atoms with E-state index in [0.717, 1.165) is 25.9 Å². The molecule has 1 aliphatic heterocycles. The first-order valence-electron chi connectivity index (χ1n) is 12.7. The summed E-state index contributed by atoms with van der Waals surface area (Å²) in [5.41, 5.74) is -5.54. The third-order valence-electron chi connectivity index (χ3n) is 8.66. The van der Waals surface area contributed by atoms with Crippen molar-refractivity contribution in [3.8, 4) is 5.75 Å². The van der Waals surface area contributed by atoms with E-state index in [4.69, 9.17) is 0 Å². The van der Waals surface area contributed by atoms with Crippen molar-refractivity contribution in [2.45, 2.75) is 43.4 Å². The van der Waals surface area contributed by atoms with Gasteiger partial charge in [-0.25, -0.2) is 0 Å². The van der Waals surface area contributed by atoms with Crippen molar-refractivity contribution in [3.05, 3.63) is 46.2 Å². The van der Waals surface area contributed by atoms with E-state index >= 15 is 0 Å². The molecular formula is C27H34ClN3O8. The van der Waals surface area contributed by atoms with Crippen LogP contribution in [0.3, 0.4) is 0 Å². The van der Waals surface area contributed by atoms with Gasteiger partial charge >= 0.3 is 0 Å². The van der Waals surface area contributed by atoms with Crippen molar-refractivity contribution < 1.29 is 39.9 Å². The zero-order valence-electron chi connectivity index (χ0n) is 22.0. The molecule has 1 heterocycles. The predicted octanol–water partition coefficient (Wildman–Crippen LogP) is 0.735. The van der Waals surface area contributed by atoms with Crippen LogP contribution in [0, 0.1) is 11.8 Å². The molecule has 0 spiro atoms. The fourth-order valence-corrected chi connectivity index (χ4v) is 6.70. The molecule has 11 nitrogen and oxygen atoms in total. The topological polar surface area (TPSA) is 171 Å². The zero-order valence-corrected chi connectivity index (χ0v) is 22.8. The number of hydrogen-bond acceptors (Lipinski definition) is 10. The van der Waals surface area contributed by atoms with Gasteiger partial charge in [-0.2, -0.15) is 0 Å². The Hall–Kier alpha value is -2.96. The molecule has 3 aliphatic carbocycles. The Kier molecular flexibility index (Phi) is 7.37. The number of phenols is 1. The van der Waals surface area contributed by atoms with E-state index in [9.17, 15) is 39.9 Å². The third kappa shape index (κ3) is 4.06. The van der Waals surface area contributed by atoms with E-state index < -0.39 is 63.6 Å². The number of amides is 1. The molecule has 0 bridgehead atoms. The molecule has 2 fully saturated rings. The Bertz CT molecular complexity index is 1300. The van der Waals surface area contributed by atoms with Gasteiger partial charge in [0.15, 0.2) is 11.4 Å².